The van der Waals surface area contributed by atoms with Crippen molar-refractivity contribution in [2.75, 3.05) is 6.61 Å². The summed E-state index contributed by atoms with van der Waals surface area (Å²) >= 11 is 1.60. The largest absolute Gasteiger partial charge is 0.458 e. The molecule has 0 aliphatic heterocycles. The van der Waals surface area contributed by atoms with E-state index in [4.69, 9.17) is 9.47 Å². The molecule has 0 amide bonds. The highest BCUT2D eigenvalue weighted by atomic mass is 32.1. The molecule has 1 unspecified atom stereocenters. The fourth-order valence-corrected chi connectivity index (χ4v) is 2.68. The molecule has 2 atom stereocenters. The Morgan fingerprint density at radius 1 is 1.41 bits per heavy atom. The maximum atomic E-state index is 11.4. The fourth-order valence-electron chi connectivity index (χ4n) is 2.11. The number of aromatic nitrogens is 1. The van der Waals surface area contributed by atoms with Crippen LogP contribution in [-0.2, 0) is 14.3 Å². The number of nitrogens with zero attached hydrogens (tertiary/aromatic N) is 1. The Balaban J connectivity index is 2.93. The fraction of sp³-hybridized carbons (Fsp3) is 0.529. The highest BCUT2D eigenvalue weighted by Crippen LogP contribution is 2.21. The van der Waals surface area contributed by atoms with Gasteiger partial charge in [-0.1, -0.05) is 12.2 Å². The van der Waals surface area contributed by atoms with Crippen LogP contribution in [0.3, 0.4) is 0 Å². The molecule has 0 aromatic carbocycles. The molecule has 122 valence electrons. The normalized spacial score (nSPS) is 14.5. The molecule has 0 N–H and O–H groups in total. The average molecular weight is 323 g/mol. The smallest absolute Gasteiger partial charge is 0.303 e. The summed E-state index contributed by atoms with van der Waals surface area (Å²) in [6, 6.07) is 0. The summed E-state index contributed by atoms with van der Waals surface area (Å²) in [7, 11) is 0. The Kier molecular flexibility index (Phi) is 7.48. The Bertz CT molecular complexity index is 548. The second-order valence-corrected chi connectivity index (χ2v) is 6.37. The third kappa shape index (κ3) is 6.12. The van der Waals surface area contributed by atoms with Gasteiger partial charge in [-0.15, -0.1) is 11.3 Å². The summed E-state index contributed by atoms with van der Waals surface area (Å²) in [6.07, 6.45) is 2.05. The summed E-state index contributed by atoms with van der Waals surface area (Å²) in [6.45, 7) is 13.8. The van der Waals surface area contributed by atoms with Crippen LogP contribution in [0.5, 0.6) is 0 Å². The van der Waals surface area contributed by atoms with Gasteiger partial charge in [0.25, 0.3) is 0 Å². The molecule has 0 fully saturated rings. The van der Waals surface area contributed by atoms with Crippen molar-refractivity contribution in [3.8, 4) is 0 Å². The first-order valence-electron chi connectivity index (χ1n) is 7.38. The predicted octanol–water partition coefficient (Wildman–Crippen LogP) is 4.16. The summed E-state index contributed by atoms with van der Waals surface area (Å²) in [5.41, 5.74) is 2.77. The number of carbonyl (C=O) groups is 1. The Morgan fingerprint density at radius 2 is 2.09 bits per heavy atom. The minimum atomic E-state index is -0.340. The van der Waals surface area contributed by atoms with Crippen molar-refractivity contribution in [2.45, 2.75) is 53.2 Å². The molecule has 4 nitrogen and oxygen atoms in total. The van der Waals surface area contributed by atoms with Gasteiger partial charge in [-0.05, 0) is 39.3 Å². The lowest BCUT2D eigenvalue weighted by Crippen LogP contribution is -2.26. The van der Waals surface area contributed by atoms with Gasteiger partial charge in [0.05, 0.1) is 16.8 Å². The standard InChI is InChI=1S/C17H25NO3S/c1-7-20-16(11(2)3)9-17(21-14(6)19)12(4)8-15-10-22-13(5)18-15/h8,10,16-17H,2,7,9H2,1,3-6H3/b12-8+/t16?,17-/m0/s1. The van der Waals surface area contributed by atoms with Crippen molar-refractivity contribution >= 4 is 23.4 Å². The van der Waals surface area contributed by atoms with Crippen molar-refractivity contribution in [1.29, 1.82) is 0 Å². The Hall–Kier alpha value is -1.46. The lowest BCUT2D eigenvalue weighted by molar-refractivity contribution is -0.145. The molecule has 0 saturated carbocycles. The molecule has 1 aromatic rings. The van der Waals surface area contributed by atoms with Crippen LogP contribution in [-0.4, -0.2) is 29.8 Å². The van der Waals surface area contributed by atoms with Crippen LogP contribution in [0.4, 0.5) is 0 Å². The van der Waals surface area contributed by atoms with Crippen LogP contribution in [0.25, 0.3) is 6.08 Å². The van der Waals surface area contributed by atoms with Gasteiger partial charge in [-0.3, -0.25) is 4.79 Å². The Labute approximate surface area is 136 Å². The predicted molar refractivity (Wildman–Crippen MR) is 90.9 cm³/mol. The summed E-state index contributed by atoms with van der Waals surface area (Å²) < 4.78 is 11.2. The van der Waals surface area contributed by atoms with Crippen molar-refractivity contribution in [3.63, 3.8) is 0 Å². The first-order chi connectivity index (χ1) is 10.3. The SMILES string of the molecule is C=C(C)C(C[C@H](OC(C)=O)/C(C)=C/c1csc(C)n1)OCC. The molecule has 0 saturated heterocycles. The first-order valence-corrected chi connectivity index (χ1v) is 8.26. The van der Waals surface area contributed by atoms with Crippen molar-refractivity contribution in [3.05, 3.63) is 33.8 Å². The second-order valence-electron chi connectivity index (χ2n) is 5.30. The zero-order valence-corrected chi connectivity index (χ0v) is 14.8. The molecule has 22 heavy (non-hydrogen) atoms. The maximum Gasteiger partial charge on any atom is 0.303 e. The molecule has 0 radical (unpaired) electrons. The molecule has 1 aromatic heterocycles. The van der Waals surface area contributed by atoms with Crippen molar-refractivity contribution in [2.24, 2.45) is 0 Å². The maximum absolute atomic E-state index is 11.4. The molecule has 0 aliphatic carbocycles. The zero-order chi connectivity index (χ0) is 16.7. The topological polar surface area (TPSA) is 48.4 Å². The van der Waals surface area contributed by atoms with Crippen molar-refractivity contribution in [1.82, 2.24) is 4.98 Å². The lowest BCUT2D eigenvalue weighted by atomic mass is 10.00. The van der Waals surface area contributed by atoms with Gasteiger partial charge in [-0.25, -0.2) is 4.98 Å². The van der Waals surface area contributed by atoms with E-state index in [1.54, 1.807) is 11.3 Å². The van der Waals surface area contributed by atoms with E-state index in [1.165, 1.54) is 6.92 Å². The van der Waals surface area contributed by atoms with Crippen LogP contribution in [0.1, 0.15) is 44.8 Å². The number of thiazole rings is 1. The minimum Gasteiger partial charge on any atom is -0.458 e. The second kappa shape index (κ2) is 8.86. The average Bonchev–Trinajstić information content (AvgIpc) is 2.81. The lowest BCUT2D eigenvalue weighted by Gasteiger charge is -2.24. The van der Waals surface area contributed by atoms with E-state index in [0.29, 0.717) is 13.0 Å². The van der Waals surface area contributed by atoms with Crippen LogP contribution in [0.15, 0.2) is 23.1 Å². The monoisotopic (exact) mass is 323 g/mol. The number of aryl methyl sites for hydroxylation is 1. The van der Waals surface area contributed by atoms with Gasteiger partial charge in [0, 0.05) is 25.3 Å². The van der Waals surface area contributed by atoms with Crippen LogP contribution in [0, 0.1) is 6.92 Å². The Morgan fingerprint density at radius 3 is 2.55 bits per heavy atom. The molecule has 0 aliphatic rings. The van der Waals surface area contributed by atoms with E-state index in [9.17, 15) is 4.79 Å². The molecule has 1 rings (SSSR count). The van der Waals surface area contributed by atoms with Crippen LogP contribution in [0.2, 0.25) is 0 Å². The number of rotatable bonds is 8. The quantitative estimate of drug-likeness (QED) is 0.532. The van der Waals surface area contributed by atoms with Gasteiger partial charge in [0.2, 0.25) is 0 Å². The van der Waals surface area contributed by atoms with E-state index in [-0.39, 0.29) is 18.2 Å². The summed E-state index contributed by atoms with van der Waals surface area (Å²) in [5, 5.41) is 3.00. The number of carbonyl (C=O) groups excluding carboxylic acids is 1. The van der Waals surface area contributed by atoms with E-state index in [1.807, 2.05) is 39.2 Å². The third-order valence-corrected chi connectivity index (χ3v) is 3.97. The first kappa shape index (κ1) is 18.6. The molecular weight excluding hydrogens is 298 g/mol. The van der Waals surface area contributed by atoms with E-state index >= 15 is 0 Å². The molecule has 5 heteroatoms. The van der Waals surface area contributed by atoms with E-state index in [2.05, 4.69) is 11.6 Å². The van der Waals surface area contributed by atoms with Gasteiger partial charge in [-0.2, -0.15) is 0 Å². The number of hydrogen-bond acceptors (Lipinski definition) is 5. The van der Waals surface area contributed by atoms with Crippen molar-refractivity contribution < 1.29 is 14.3 Å². The zero-order valence-electron chi connectivity index (χ0n) is 14.0. The third-order valence-electron chi connectivity index (χ3n) is 3.17. The van der Waals surface area contributed by atoms with E-state index in [0.717, 1.165) is 21.8 Å². The molecular formula is C17H25NO3S. The highest BCUT2D eigenvalue weighted by Gasteiger charge is 2.21. The van der Waals surface area contributed by atoms with Crippen LogP contribution >= 0.6 is 11.3 Å². The number of hydrogen-bond donors (Lipinski definition) is 0. The molecule has 0 bridgehead atoms. The number of esters is 1. The highest BCUT2D eigenvalue weighted by molar-refractivity contribution is 7.09. The summed E-state index contributed by atoms with van der Waals surface area (Å²) in [5.74, 6) is -0.302. The minimum absolute atomic E-state index is 0.130. The number of ether oxygens (including phenoxy) is 2. The molecule has 0 spiro atoms. The van der Waals surface area contributed by atoms with Gasteiger partial charge < -0.3 is 9.47 Å². The summed E-state index contributed by atoms with van der Waals surface area (Å²) in [4.78, 5) is 15.8. The van der Waals surface area contributed by atoms with Crippen LogP contribution < -0.4 is 0 Å². The van der Waals surface area contributed by atoms with Gasteiger partial charge >= 0.3 is 5.97 Å². The van der Waals surface area contributed by atoms with E-state index < -0.39 is 0 Å². The van der Waals surface area contributed by atoms with Gasteiger partial charge in [0.1, 0.15) is 6.10 Å². The molecule has 1 heterocycles. The van der Waals surface area contributed by atoms with Gasteiger partial charge in [0.15, 0.2) is 0 Å².